The molecule has 1 N–H and O–H groups in total. The molecule has 8 heteroatoms. The van der Waals surface area contributed by atoms with E-state index < -0.39 is 0 Å². The Morgan fingerprint density at radius 3 is 2.61 bits per heavy atom. The maximum Gasteiger partial charge on any atom is 0.234 e. The molecule has 1 amide bonds. The zero-order chi connectivity index (χ0) is 22.1. The minimum atomic E-state index is -0.150. The predicted octanol–water partition coefficient (Wildman–Crippen LogP) is 4.48. The largest absolute Gasteiger partial charge is 0.492 e. The van der Waals surface area contributed by atoms with Crippen LogP contribution in [0.1, 0.15) is 18.3 Å². The first-order valence-electron chi connectivity index (χ1n) is 9.98. The van der Waals surface area contributed by atoms with Gasteiger partial charge in [0.05, 0.1) is 18.0 Å². The average molecular weight is 439 g/mol. The Labute approximate surface area is 186 Å². The minimum absolute atomic E-state index is 0.150. The third-order valence-corrected chi connectivity index (χ3v) is 5.32. The van der Waals surface area contributed by atoms with Gasteiger partial charge in [0.2, 0.25) is 5.91 Å². The summed E-state index contributed by atoms with van der Waals surface area (Å²) in [5, 5.41) is 12.0. The molecule has 0 unspecified atom stereocenters. The molecule has 3 rings (SSSR count). The van der Waals surface area contributed by atoms with Gasteiger partial charge in [0, 0.05) is 6.54 Å². The molecule has 0 radical (unpaired) electrons. The van der Waals surface area contributed by atoms with Gasteiger partial charge >= 0.3 is 0 Å². The van der Waals surface area contributed by atoms with Crippen LogP contribution in [0.15, 0.2) is 66.3 Å². The highest BCUT2D eigenvalue weighted by atomic mass is 32.2. The normalized spacial score (nSPS) is 10.5. The maximum atomic E-state index is 12.5. The molecule has 0 aliphatic carbocycles. The number of nitrogens with zero attached hydrogens (tertiary/aromatic N) is 3. The second-order valence-corrected chi connectivity index (χ2v) is 7.56. The van der Waals surface area contributed by atoms with Crippen LogP contribution >= 0.6 is 11.8 Å². The van der Waals surface area contributed by atoms with E-state index >= 15 is 0 Å². The van der Waals surface area contributed by atoms with Crippen LogP contribution in [0.2, 0.25) is 0 Å². The van der Waals surface area contributed by atoms with Crippen molar-refractivity contribution in [3.05, 3.63) is 72.6 Å². The summed E-state index contributed by atoms with van der Waals surface area (Å²) in [7, 11) is 0. The smallest absolute Gasteiger partial charge is 0.234 e. The zero-order valence-electron chi connectivity index (χ0n) is 17.7. The first kappa shape index (κ1) is 22.4. The molecule has 2 aromatic carbocycles. The lowest BCUT2D eigenvalue weighted by molar-refractivity contribution is -0.113. The average Bonchev–Trinajstić information content (AvgIpc) is 3.15. The van der Waals surface area contributed by atoms with E-state index in [2.05, 4.69) is 22.1 Å². The van der Waals surface area contributed by atoms with Gasteiger partial charge in [0.25, 0.3) is 0 Å². The van der Waals surface area contributed by atoms with Gasteiger partial charge in [-0.3, -0.25) is 9.36 Å². The molecule has 0 aliphatic rings. The van der Waals surface area contributed by atoms with E-state index in [0.717, 1.165) is 11.3 Å². The van der Waals surface area contributed by atoms with Crippen molar-refractivity contribution in [1.82, 2.24) is 14.8 Å². The Hall–Kier alpha value is -3.26. The first-order chi connectivity index (χ1) is 15.1. The van der Waals surface area contributed by atoms with Gasteiger partial charge in [0.15, 0.2) is 11.0 Å². The van der Waals surface area contributed by atoms with Gasteiger partial charge < -0.3 is 14.8 Å². The lowest BCUT2D eigenvalue weighted by atomic mass is 10.2. The van der Waals surface area contributed by atoms with Crippen molar-refractivity contribution in [1.29, 1.82) is 0 Å². The molecule has 31 heavy (non-hydrogen) atoms. The summed E-state index contributed by atoms with van der Waals surface area (Å²) in [5.74, 6) is 2.16. The maximum absolute atomic E-state index is 12.5. The fourth-order valence-electron chi connectivity index (χ4n) is 2.87. The van der Waals surface area contributed by atoms with Gasteiger partial charge in [-0.05, 0) is 37.6 Å². The molecule has 1 heterocycles. The standard InChI is InChI=1S/C23H26N4O3S/c1-4-14-27-21(15-30-19-12-8-6-10-17(19)3)25-26-23(27)31-16-22(28)24-18-11-7-9-13-20(18)29-5-2/h4,6-13H,1,5,14-16H2,2-3H3,(H,24,28). The van der Waals surface area contributed by atoms with E-state index in [1.807, 2.05) is 66.9 Å². The van der Waals surface area contributed by atoms with E-state index in [9.17, 15) is 4.79 Å². The molecule has 0 bridgehead atoms. The number of para-hydroxylation sites is 3. The highest BCUT2D eigenvalue weighted by Crippen LogP contribution is 2.25. The molecule has 0 spiro atoms. The number of anilines is 1. The van der Waals surface area contributed by atoms with Crippen molar-refractivity contribution < 1.29 is 14.3 Å². The van der Waals surface area contributed by atoms with Gasteiger partial charge in [-0.2, -0.15) is 0 Å². The number of rotatable bonds is 11. The summed E-state index contributed by atoms with van der Waals surface area (Å²) in [6, 6.07) is 15.2. The summed E-state index contributed by atoms with van der Waals surface area (Å²) < 4.78 is 13.4. The number of benzene rings is 2. The van der Waals surface area contributed by atoms with Crippen LogP contribution in [0, 0.1) is 6.92 Å². The number of hydrogen-bond donors (Lipinski definition) is 1. The lowest BCUT2D eigenvalue weighted by Gasteiger charge is -2.12. The zero-order valence-corrected chi connectivity index (χ0v) is 18.5. The topological polar surface area (TPSA) is 78.3 Å². The van der Waals surface area contributed by atoms with Crippen molar-refractivity contribution in [2.24, 2.45) is 0 Å². The van der Waals surface area contributed by atoms with Crippen molar-refractivity contribution in [3.63, 3.8) is 0 Å². The number of amides is 1. The Balaban J connectivity index is 1.63. The van der Waals surface area contributed by atoms with Crippen molar-refractivity contribution in [2.75, 3.05) is 17.7 Å². The van der Waals surface area contributed by atoms with Crippen LogP contribution in [0.3, 0.4) is 0 Å². The van der Waals surface area contributed by atoms with E-state index in [0.29, 0.717) is 35.6 Å². The van der Waals surface area contributed by atoms with E-state index in [1.54, 1.807) is 6.08 Å². The highest BCUT2D eigenvalue weighted by molar-refractivity contribution is 7.99. The van der Waals surface area contributed by atoms with Crippen LogP contribution in [0.5, 0.6) is 11.5 Å². The Bertz CT molecular complexity index is 1040. The van der Waals surface area contributed by atoms with Crippen LogP contribution in [-0.2, 0) is 17.9 Å². The van der Waals surface area contributed by atoms with Crippen molar-refractivity contribution in [3.8, 4) is 11.5 Å². The van der Waals surface area contributed by atoms with E-state index in [1.165, 1.54) is 11.8 Å². The first-order valence-corrected chi connectivity index (χ1v) is 11.0. The molecule has 0 saturated heterocycles. The van der Waals surface area contributed by atoms with Crippen LogP contribution in [-0.4, -0.2) is 33.0 Å². The molecule has 1 aromatic heterocycles. The SMILES string of the molecule is C=CCn1c(COc2ccccc2C)nnc1SCC(=O)Nc1ccccc1OCC. The van der Waals surface area contributed by atoms with Gasteiger partial charge in [-0.15, -0.1) is 16.8 Å². The molecule has 0 atom stereocenters. The van der Waals surface area contributed by atoms with Crippen LogP contribution in [0.4, 0.5) is 5.69 Å². The second kappa shape index (κ2) is 11.2. The number of carbonyl (C=O) groups excluding carboxylic acids is 1. The molecular formula is C23H26N4O3S. The Kier molecular flexibility index (Phi) is 8.12. The quantitative estimate of drug-likeness (QED) is 0.351. The fourth-order valence-corrected chi connectivity index (χ4v) is 3.64. The summed E-state index contributed by atoms with van der Waals surface area (Å²) in [4.78, 5) is 12.5. The molecule has 0 saturated carbocycles. The Morgan fingerprint density at radius 1 is 1.13 bits per heavy atom. The number of ether oxygens (including phenoxy) is 2. The van der Waals surface area contributed by atoms with Crippen molar-refractivity contribution >= 4 is 23.4 Å². The van der Waals surface area contributed by atoms with Gasteiger partial charge in [-0.25, -0.2) is 0 Å². The second-order valence-electron chi connectivity index (χ2n) is 6.62. The molecule has 0 aliphatic heterocycles. The van der Waals surface area contributed by atoms with E-state index in [-0.39, 0.29) is 18.3 Å². The number of allylic oxidation sites excluding steroid dienone is 1. The molecule has 0 fully saturated rings. The lowest BCUT2D eigenvalue weighted by Crippen LogP contribution is -2.15. The van der Waals surface area contributed by atoms with Gasteiger partial charge in [-0.1, -0.05) is 48.2 Å². The number of carbonyl (C=O) groups is 1. The summed E-state index contributed by atoms with van der Waals surface area (Å²) >= 11 is 1.31. The molecule has 7 nitrogen and oxygen atoms in total. The third kappa shape index (κ3) is 6.11. The highest BCUT2D eigenvalue weighted by Gasteiger charge is 2.15. The third-order valence-electron chi connectivity index (χ3n) is 4.35. The van der Waals surface area contributed by atoms with Crippen LogP contribution < -0.4 is 14.8 Å². The summed E-state index contributed by atoms with van der Waals surface area (Å²) in [5.41, 5.74) is 1.70. The number of aromatic nitrogens is 3. The number of hydrogen-bond acceptors (Lipinski definition) is 6. The number of thioether (sulfide) groups is 1. The van der Waals surface area contributed by atoms with E-state index in [4.69, 9.17) is 9.47 Å². The van der Waals surface area contributed by atoms with Crippen molar-refractivity contribution in [2.45, 2.75) is 32.2 Å². The summed E-state index contributed by atoms with van der Waals surface area (Å²) in [6.45, 7) is 9.04. The summed E-state index contributed by atoms with van der Waals surface area (Å²) in [6.07, 6.45) is 1.77. The van der Waals surface area contributed by atoms with Crippen LogP contribution in [0.25, 0.3) is 0 Å². The molecule has 3 aromatic rings. The monoisotopic (exact) mass is 438 g/mol. The minimum Gasteiger partial charge on any atom is -0.492 e. The van der Waals surface area contributed by atoms with Gasteiger partial charge in [0.1, 0.15) is 18.1 Å². The number of aryl methyl sites for hydroxylation is 1. The fraction of sp³-hybridized carbons (Fsp3) is 0.261. The molecule has 162 valence electrons. The number of nitrogens with one attached hydrogen (secondary N) is 1. The predicted molar refractivity (Wildman–Crippen MR) is 123 cm³/mol. The Morgan fingerprint density at radius 2 is 1.87 bits per heavy atom. The molecular weight excluding hydrogens is 412 g/mol.